The van der Waals surface area contributed by atoms with Crippen molar-refractivity contribution in [2.24, 2.45) is 0 Å². The van der Waals surface area contributed by atoms with Crippen molar-refractivity contribution in [2.75, 3.05) is 6.54 Å². The molecule has 0 bridgehead atoms. The zero-order valence-corrected chi connectivity index (χ0v) is 15.0. The van der Waals surface area contributed by atoms with Gasteiger partial charge >= 0.3 is 1.43 Å². The lowest BCUT2D eigenvalue weighted by Crippen LogP contribution is -3.00. The average Bonchev–Trinajstić information content (AvgIpc) is 2.96. The zero-order valence-electron chi connectivity index (χ0n) is 14.5. The fourth-order valence-electron chi connectivity index (χ4n) is 3.24. The predicted molar refractivity (Wildman–Crippen MR) is 93.4 cm³/mol. The summed E-state index contributed by atoms with van der Waals surface area (Å²) >= 11 is 5.90. The molecule has 0 fully saturated rings. The third-order valence-electron chi connectivity index (χ3n) is 4.33. The summed E-state index contributed by atoms with van der Waals surface area (Å²) in [5.41, 5.74) is 4.09. The summed E-state index contributed by atoms with van der Waals surface area (Å²) in [5.74, 6) is -0.367. The van der Waals surface area contributed by atoms with Gasteiger partial charge in [-0.25, -0.2) is 4.39 Å². The van der Waals surface area contributed by atoms with Gasteiger partial charge in [0.2, 0.25) is 0 Å². The minimum absolute atomic E-state index is 0. The van der Waals surface area contributed by atoms with Crippen LogP contribution in [0.15, 0.2) is 42.7 Å². The molecule has 1 atom stereocenters. The Morgan fingerprint density at radius 2 is 2.04 bits per heavy atom. The molecule has 3 heterocycles. The number of pyridine rings is 1. The topological polar surface area (TPSA) is 42.7 Å². The van der Waals surface area contributed by atoms with Gasteiger partial charge in [0.25, 0.3) is 0 Å². The van der Waals surface area contributed by atoms with Crippen molar-refractivity contribution >= 4 is 11.6 Å². The Bertz CT molecular complexity index is 902. The second-order valence-electron chi connectivity index (χ2n) is 5.87. The van der Waals surface area contributed by atoms with Crippen molar-refractivity contribution in [3.8, 4) is 22.4 Å². The highest BCUT2D eigenvalue weighted by Gasteiger charge is 2.27. The highest BCUT2D eigenvalue weighted by Crippen LogP contribution is 2.39. The highest BCUT2D eigenvalue weighted by atomic mass is 35.5. The van der Waals surface area contributed by atoms with E-state index in [1.54, 1.807) is 24.5 Å². The van der Waals surface area contributed by atoms with E-state index in [0.717, 1.165) is 29.9 Å². The molecule has 0 amide bonds. The van der Waals surface area contributed by atoms with Gasteiger partial charge in [-0.1, -0.05) is 11.6 Å². The fourth-order valence-corrected chi connectivity index (χ4v) is 3.40. The molecule has 1 aromatic carbocycles. The van der Waals surface area contributed by atoms with Crippen LogP contribution in [-0.4, -0.2) is 21.3 Å². The molecule has 4 nitrogen and oxygen atoms in total. The summed E-state index contributed by atoms with van der Waals surface area (Å²) in [6.07, 6.45) is 3.48. The van der Waals surface area contributed by atoms with Crippen LogP contribution >= 0.6 is 11.6 Å². The van der Waals surface area contributed by atoms with E-state index in [1.165, 1.54) is 6.07 Å². The van der Waals surface area contributed by atoms with E-state index in [0.29, 0.717) is 16.3 Å². The normalized spacial score (nSPS) is 16.2. The minimum atomic E-state index is -0.367. The second-order valence-corrected chi connectivity index (χ2v) is 6.30. The number of halogens is 3. The Hall–Kier alpha value is -1.95. The van der Waals surface area contributed by atoms with Crippen LogP contribution in [0.3, 0.4) is 0 Å². The van der Waals surface area contributed by atoms with Gasteiger partial charge in [0.15, 0.2) is 0 Å². The summed E-state index contributed by atoms with van der Waals surface area (Å²) in [4.78, 5) is 4.08. The molecule has 0 radical (unpaired) electrons. The lowest BCUT2D eigenvalue weighted by atomic mass is 9.96. The molecule has 0 saturated heterocycles. The van der Waals surface area contributed by atoms with Crippen molar-refractivity contribution in [3.05, 3.63) is 59.3 Å². The van der Waals surface area contributed by atoms with Crippen LogP contribution in [0.1, 0.15) is 20.1 Å². The summed E-state index contributed by atoms with van der Waals surface area (Å²) in [5, 5.41) is 8.53. The molecular formula is C18H17Cl2FN4. The van der Waals surface area contributed by atoms with Crippen molar-refractivity contribution in [1.29, 1.82) is 0 Å². The van der Waals surface area contributed by atoms with Crippen molar-refractivity contribution in [1.82, 2.24) is 20.1 Å². The number of hydrogen-bond acceptors (Lipinski definition) is 3. The zero-order chi connectivity index (χ0) is 16.7. The Morgan fingerprint density at radius 3 is 2.76 bits per heavy atom. The molecular weight excluding hydrogens is 362 g/mol. The van der Waals surface area contributed by atoms with Gasteiger partial charge < -0.3 is 17.7 Å². The van der Waals surface area contributed by atoms with E-state index in [9.17, 15) is 4.39 Å². The Kier molecular flexibility index (Phi) is 5.08. The highest BCUT2D eigenvalue weighted by molar-refractivity contribution is 6.30. The molecule has 25 heavy (non-hydrogen) atoms. The first-order valence-corrected chi connectivity index (χ1v) is 8.23. The largest absolute Gasteiger partial charge is 1.00 e. The summed E-state index contributed by atoms with van der Waals surface area (Å²) in [6.45, 7) is 3.69. The molecule has 4 rings (SSSR count). The van der Waals surface area contributed by atoms with E-state index in [4.69, 9.17) is 16.7 Å². The predicted octanol–water partition coefficient (Wildman–Crippen LogP) is 1.19. The number of rotatable bonds is 2. The molecule has 0 aliphatic carbocycles. The van der Waals surface area contributed by atoms with Crippen LogP contribution in [0, 0.1) is 5.82 Å². The van der Waals surface area contributed by atoms with E-state index in [1.807, 2.05) is 16.8 Å². The van der Waals surface area contributed by atoms with Crippen LogP contribution in [-0.2, 0) is 6.54 Å². The quantitative estimate of drug-likeness (QED) is 0.728. The maximum atomic E-state index is 14.5. The first-order chi connectivity index (χ1) is 11.6. The lowest BCUT2D eigenvalue weighted by Gasteiger charge is -2.23. The van der Waals surface area contributed by atoms with Gasteiger partial charge in [0.05, 0.1) is 12.2 Å². The Morgan fingerprint density at radius 1 is 1.28 bits per heavy atom. The third-order valence-corrected chi connectivity index (χ3v) is 4.57. The van der Waals surface area contributed by atoms with Crippen LogP contribution in [0.2, 0.25) is 5.02 Å². The van der Waals surface area contributed by atoms with E-state index < -0.39 is 0 Å². The first kappa shape index (κ1) is 17.9. The maximum absolute atomic E-state index is 14.5. The smallest absolute Gasteiger partial charge is 1.00 e. The monoisotopic (exact) mass is 378 g/mol. The first-order valence-electron chi connectivity index (χ1n) is 7.85. The fraction of sp³-hybridized carbons (Fsp3) is 0.222. The Labute approximate surface area is 157 Å². The summed E-state index contributed by atoms with van der Waals surface area (Å²) in [6, 6.07) is 8.70. The van der Waals surface area contributed by atoms with Gasteiger partial charge in [-0.15, -0.1) is 0 Å². The average molecular weight is 379 g/mol. The summed E-state index contributed by atoms with van der Waals surface area (Å²) < 4.78 is 16.5. The van der Waals surface area contributed by atoms with Crippen molar-refractivity contribution in [3.63, 3.8) is 0 Å². The van der Waals surface area contributed by atoms with Crippen LogP contribution < -0.4 is 17.7 Å². The molecule has 7 heteroatoms. The minimum Gasteiger partial charge on any atom is -1.00 e. The molecule has 0 saturated carbocycles. The van der Waals surface area contributed by atoms with Gasteiger partial charge in [-0.2, -0.15) is 5.10 Å². The summed E-state index contributed by atoms with van der Waals surface area (Å²) in [7, 11) is 0. The van der Waals surface area contributed by atoms with Crippen molar-refractivity contribution < 1.29 is 18.2 Å². The van der Waals surface area contributed by atoms with E-state index in [-0.39, 0.29) is 25.7 Å². The molecule has 0 spiro atoms. The van der Waals surface area contributed by atoms with Crippen LogP contribution in [0.4, 0.5) is 4.39 Å². The molecule has 2 aromatic heterocycles. The number of nitrogens with one attached hydrogen (secondary N) is 1. The van der Waals surface area contributed by atoms with Crippen molar-refractivity contribution in [2.45, 2.75) is 19.5 Å². The maximum Gasteiger partial charge on any atom is 1.00 e. The van der Waals surface area contributed by atoms with Gasteiger partial charge in [0, 0.05) is 41.1 Å². The molecule has 1 aliphatic heterocycles. The van der Waals surface area contributed by atoms with Crippen LogP contribution in [0.5, 0.6) is 0 Å². The van der Waals surface area contributed by atoms with E-state index in [2.05, 4.69) is 17.2 Å². The number of nitrogens with zero attached hydrogens (tertiary/aromatic N) is 3. The number of fused-ring (bicyclic) bond motifs is 1. The van der Waals surface area contributed by atoms with Gasteiger partial charge in [0.1, 0.15) is 11.5 Å². The van der Waals surface area contributed by atoms with Gasteiger partial charge in [-0.3, -0.25) is 9.67 Å². The number of hydrogen-bond donors (Lipinski definition) is 1. The molecule has 130 valence electrons. The molecule has 1 unspecified atom stereocenters. The molecule has 1 aliphatic rings. The standard InChI is InChI=1S/C18H16ClFN4.ClH/c1-11-18-16(12-4-6-21-7-5-12)17(23-24(18)9-8-22-11)14-3-2-13(19)10-15(14)20;/h2-7,10-11,22H,8-9H2,1H3;1H. The Balaban J connectivity index is 0.00000121. The van der Waals surface area contributed by atoms with Crippen LogP contribution in [0.25, 0.3) is 22.4 Å². The lowest BCUT2D eigenvalue weighted by molar-refractivity contribution is -0.00000550. The SMILES string of the molecule is CC1NCCn2nc(-c3ccc(Cl)cc3F)c(-c3ccncc3)c21.[Cl-].[H+]. The molecule has 3 aromatic rings. The second kappa shape index (κ2) is 7.12. The van der Waals surface area contributed by atoms with E-state index >= 15 is 0 Å². The molecule has 1 N–H and O–H groups in total. The van der Waals surface area contributed by atoms with Gasteiger partial charge in [-0.05, 0) is 42.8 Å². The third kappa shape index (κ3) is 3.15. The number of benzene rings is 1. The number of aromatic nitrogens is 3.